The predicted molar refractivity (Wildman–Crippen MR) is 112 cm³/mol. The number of sulfonamides is 1. The molecule has 2 aromatic heterocycles. The van der Waals surface area contributed by atoms with Gasteiger partial charge in [-0.1, -0.05) is 12.1 Å². The quantitative estimate of drug-likeness (QED) is 0.661. The zero-order valence-electron chi connectivity index (χ0n) is 17.6. The molecule has 0 fully saturated rings. The highest BCUT2D eigenvalue weighted by Crippen LogP contribution is 2.28. The van der Waals surface area contributed by atoms with E-state index in [2.05, 4.69) is 37.1 Å². The van der Waals surface area contributed by atoms with E-state index in [1.54, 1.807) is 29.9 Å². The van der Waals surface area contributed by atoms with Crippen molar-refractivity contribution < 1.29 is 8.42 Å². The zero-order valence-corrected chi connectivity index (χ0v) is 18.4. The Kier molecular flexibility index (Phi) is 4.86. The van der Waals surface area contributed by atoms with Crippen LogP contribution in [0.25, 0.3) is 11.3 Å². The van der Waals surface area contributed by atoms with Gasteiger partial charge in [0.2, 0.25) is 10.0 Å². The molecule has 0 unspecified atom stereocenters. The Morgan fingerprint density at radius 3 is 2.38 bits per heavy atom. The highest BCUT2D eigenvalue weighted by molar-refractivity contribution is 7.89. The summed E-state index contributed by atoms with van der Waals surface area (Å²) >= 11 is 0. The average molecular weight is 414 g/mol. The van der Waals surface area contributed by atoms with Crippen LogP contribution in [0, 0.1) is 27.7 Å². The van der Waals surface area contributed by atoms with E-state index in [1.807, 2.05) is 10.7 Å². The largest absolute Gasteiger partial charge is 0.271 e. The van der Waals surface area contributed by atoms with Crippen LogP contribution in [0.15, 0.2) is 29.2 Å². The van der Waals surface area contributed by atoms with Gasteiger partial charge in [-0.05, 0) is 57.4 Å². The Hall–Kier alpha value is -2.45. The second-order valence-corrected chi connectivity index (χ2v) is 9.73. The maximum Gasteiger partial charge on any atom is 0.247 e. The molecular weight excluding hydrogens is 386 g/mol. The molecule has 8 heteroatoms. The molecule has 0 aliphatic carbocycles. The van der Waals surface area contributed by atoms with Crippen LogP contribution in [0.2, 0.25) is 0 Å². The minimum absolute atomic E-state index is 0.313. The van der Waals surface area contributed by atoms with E-state index in [4.69, 9.17) is 5.10 Å². The smallest absolute Gasteiger partial charge is 0.247 e. The van der Waals surface area contributed by atoms with Gasteiger partial charge in [0.1, 0.15) is 4.90 Å². The molecule has 0 saturated heterocycles. The molecule has 0 atom stereocenters. The number of nitrogens with zero attached hydrogens (tertiary/aromatic N) is 5. The number of aryl methyl sites for hydroxylation is 5. The van der Waals surface area contributed by atoms with Crippen molar-refractivity contribution in [2.75, 3.05) is 6.54 Å². The van der Waals surface area contributed by atoms with Crippen LogP contribution in [0.4, 0.5) is 0 Å². The van der Waals surface area contributed by atoms with Crippen LogP contribution < -0.4 is 0 Å². The van der Waals surface area contributed by atoms with Crippen molar-refractivity contribution in [3.8, 4) is 11.3 Å². The third-order valence-corrected chi connectivity index (χ3v) is 7.92. The fraction of sp³-hybridized carbons (Fsp3) is 0.429. The Balaban J connectivity index is 1.70. The fourth-order valence-corrected chi connectivity index (χ4v) is 5.79. The maximum atomic E-state index is 13.4. The topological polar surface area (TPSA) is 73.0 Å². The van der Waals surface area contributed by atoms with Gasteiger partial charge in [0.25, 0.3) is 0 Å². The Bertz CT molecular complexity index is 1190. The van der Waals surface area contributed by atoms with Crippen molar-refractivity contribution in [1.29, 1.82) is 0 Å². The molecule has 1 aromatic carbocycles. The van der Waals surface area contributed by atoms with Gasteiger partial charge >= 0.3 is 0 Å². The van der Waals surface area contributed by atoms with Gasteiger partial charge in [0, 0.05) is 25.7 Å². The maximum absolute atomic E-state index is 13.4. The first-order chi connectivity index (χ1) is 13.7. The van der Waals surface area contributed by atoms with E-state index in [1.165, 1.54) is 11.1 Å². The molecule has 0 spiro atoms. The minimum Gasteiger partial charge on any atom is -0.271 e. The zero-order chi connectivity index (χ0) is 20.9. The fourth-order valence-electron chi connectivity index (χ4n) is 3.94. The van der Waals surface area contributed by atoms with Crippen molar-refractivity contribution in [3.63, 3.8) is 0 Å². The number of fused-ring (bicyclic) bond motifs is 1. The van der Waals surface area contributed by atoms with Crippen LogP contribution in [-0.4, -0.2) is 38.8 Å². The number of aromatic nitrogens is 4. The number of hydrogen-bond donors (Lipinski definition) is 0. The average Bonchev–Trinajstić information content (AvgIpc) is 3.09. The molecule has 3 aromatic rings. The number of hydrogen-bond acceptors (Lipinski definition) is 4. The first-order valence-corrected chi connectivity index (χ1v) is 11.3. The van der Waals surface area contributed by atoms with Crippen molar-refractivity contribution in [2.24, 2.45) is 7.05 Å². The van der Waals surface area contributed by atoms with Crippen molar-refractivity contribution in [2.45, 2.75) is 52.1 Å². The molecular formula is C21H27N5O2S. The molecule has 7 nitrogen and oxygen atoms in total. The second-order valence-electron chi connectivity index (χ2n) is 7.86. The van der Waals surface area contributed by atoms with Crippen molar-refractivity contribution in [3.05, 3.63) is 52.5 Å². The van der Waals surface area contributed by atoms with Crippen molar-refractivity contribution in [1.82, 2.24) is 23.9 Å². The SMILES string of the molecule is Cc1ccc(-c2cc3n(n2)CCCN(S(=O)(=O)c2c(C)nn(C)c2C)C3)cc1C. The standard InChI is InChI=1S/C21H27N5O2S/c1-14-7-8-18(11-15(14)2)20-12-19-13-25(9-6-10-26(19)23-20)29(27,28)21-16(3)22-24(5)17(21)4/h7-8,11-12H,6,9-10,13H2,1-5H3. The van der Waals surface area contributed by atoms with Gasteiger partial charge < -0.3 is 0 Å². The summed E-state index contributed by atoms with van der Waals surface area (Å²) in [5, 5.41) is 9.05. The minimum atomic E-state index is -3.63. The summed E-state index contributed by atoms with van der Waals surface area (Å²) in [5.41, 5.74) is 6.53. The summed E-state index contributed by atoms with van der Waals surface area (Å²) < 4.78 is 32.0. The molecule has 0 N–H and O–H groups in total. The van der Waals surface area contributed by atoms with Crippen LogP contribution in [0.1, 0.15) is 34.6 Å². The predicted octanol–water partition coefficient (Wildman–Crippen LogP) is 3.11. The molecule has 4 rings (SSSR count). The summed E-state index contributed by atoms with van der Waals surface area (Å²) in [6.45, 7) is 9.22. The summed E-state index contributed by atoms with van der Waals surface area (Å²) in [6, 6.07) is 8.32. The van der Waals surface area contributed by atoms with E-state index >= 15 is 0 Å². The third-order valence-electron chi connectivity index (χ3n) is 5.82. The molecule has 1 aliphatic rings. The molecule has 1 aliphatic heterocycles. The van der Waals surface area contributed by atoms with Gasteiger partial charge in [-0.25, -0.2) is 8.42 Å². The van der Waals surface area contributed by atoms with Gasteiger partial charge in [-0.2, -0.15) is 14.5 Å². The lowest BCUT2D eigenvalue weighted by Gasteiger charge is -2.20. The lowest BCUT2D eigenvalue weighted by molar-refractivity contribution is 0.409. The second kappa shape index (κ2) is 7.11. The van der Waals surface area contributed by atoms with Crippen LogP contribution in [0.3, 0.4) is 0 Å². The summed E-state index contributed by atoms with van der Waals surface area (Å²) in [5.74, 6) is 0. The Morgan fingerprint density at radius 1 is 0.966 bits per heavy atom. The van der Waals surface area contributed by atoms with E-state index in [-0.39, 0.29) is 0 Å². The molecule has 154 valence electrons. The van der Waals surface area contributed by atoms with Gasteiger partial charge in [0.15, 0.2) is 0 Å². The van der Waals surface area contributed by atoms with Gasteiger partial charge in [-0.3, -0.25) is 9.36 Å². The van der Waals surface area contributed by atoms with Gasteiger partial charge in [-0.15, -0.1) is 0 Å². The van der Waals surface area contributed by atoms with Crippen LogP contribution in [0.5, 0.6) is 0 Å². The Morgan fingerprint density at radius 2 is 1.72 bits per heavy atom. The molecule has 0 amide bonds. The van der Waals surface area contributed by atoms with Crippen LogP contribution >= 0.6 is 0 Å². The number of benzene rings is 1. The van der Waals surface area contributed by atoms with E-state index in [0.717, 1.165) is 23.4 Å². The van der Waals surface area contributed by atoms with Crippen molar-refractivity contribution >= 4 is 10.0 Å². The monoisotopic (exact) mass is 413 g/mol. The summed E-state index contributed by atoms with van der Waals surface area (Å²) in [4.78, 5) is 0.322. The van der Waals surface area contributed by atoms with Gasteiger partial charge in [0.05, 0.1) is 29.3 Å². The highest BCUT2D eigenvalue weighted by Gasteiger charge is 2.32. The first-order valence-electron chi connectivity index (χ1n) is 9.83. The lowest BCUT2D eigenvalue weighted by atomic mass is 10.0. The number of rotatable bonds is 3. The van der Waals surface area contributed by atoms with E-state index in [0.29, 0.717) is 35.9 Å². The molecule has 0 bridgehead atoms. The normalized spacial score (nSPS) is 15.3. The molecule has 0 radical (unpaired) electrons. The molecule has 29 heavy (non-hydrogen) atoms. The third kappa shape index (κ3) is 3.40. The van der Waals surface area contributed by atoms with Crippen LogP contribution in [-0.2, 0) is 30.2 Å². The summed E-state index contributed by atoms with van der Waals surface area (Å²) in [6.07, 6.45) is 0.721. The first kappa shape index (κ1) is 19.8. The highest BCUT2D eigenvalue weighted by atomic mass is 32.2. The van der Waals surface area contributed by atoms with E-state index in [9.17, 15) is 8.42 Å². The molecule has 3 heterocycles. The summed E-state index contributed by atoms with van der Waals surface area (Å²) in [7, 11) is -1.85. The lowest BCUT2D eigenvalue weighted by Crippen LogP contribution is -2.31. The molecule has 0 saturated carbocycles. The Labute approximate surface area is 172 Å². The van der Waals surface area contributed by atoms with E-state index < -0.39 is 10.0 Å².